The topological polar surface area (TPSA) is 69.6 Å². The van der Waals surface area contributed by atoms with E-state index in [1.54, 1.807) is 28.8 Å². The largest absolute Gasteiger partial charge is 0.573 e. The second-order valence-corrected chi connectivity index (χ2v) is 8.59. The molecule has 0 aliphatic heterocycles. The van der Waals surface area contributed by atoms with E-state index in [9.17, 15) is 18.0 Å². The molecule has 2 aromatic carbocycles. The summed E-state index contributed by atoms with van der Waals surface area (Å²) in [6, 6.07) is 14.2. The third-order valence-corrected chi connectivity index (χ3v) is 5.92. The number of hydrogen-bond acceptors (Lipinski definition) is 5. The lowest BCUT2D eigenvalue weighted by Gasteiger charge is -2.08. The molecule has 184 valence electrons. The number of imidazole rings is 1. The van der Waals surface area contributed by atoms with Crippen LogP contribution in [0.4, 0.5) is 13.2 Å². The third-order valence-electron chi connectivity index (χ3n) is 5.69. The van der Waals surface area contributed by atoms with Crippen molar-refractivity contribution in [3.05, 3.63) is 82.8 Å². The predicted molar refractivity (Wildman–Crippen MR) is 128 cm³/mol. The fourth-order valence-electron chi connectivity index (χ4n) is 4.04. The fraction of sp³-hybridized carbons (Fsp3) is 0.192. The van der Waals surface area contributed by atoms with Crippen molar-refractivity contribution in [2.45, 2.75) is 32.5 Å². The van der Waals surface area contributed by atoms with Crippen LogP contribution >= 0.6 is 11.6 Å². The highest BCUT2D eigenvalue weighted by molar-refractivity contribution is 6.30. The number of ketones is 1. The number of alkyl halides is 3. The standard InChI is InChI=1S/C26H19ClF3N3O3/c1-2-19-24(33-12-11-17(27)14-23(33)31-19)21(34)9-3-15-4-10-22-20(13-15)32-25(35-22)16-5-7-18(8-6-16)36-26(28,29)30/h4-8,10-14H,2-3,9H2,1H3. The van der Waals surface area contributed by atoms with Gasteiger partial charge in [-0.15, -0.1) is 13.2 Å². The number of halogens is 4. The number of benzene rings is 2. The maximum Gasteiger partial charge on any atom is 0.573 e. The summed E-state index contributed by atoms with van der Waals surface area (Å²) in [7, 11) is 0. The average Bonchev–Trinajstić information content (AvgIpc) is 3.42. The number of hydrogen-bond donors (Lipinski definition) is 0. The van der Waals surface area contributed by atoms with E-state index in [0.29, 0.717) is 45.9 Å². The van der Waals surface area contributed by atoms with Crippen LogP contribution in [0.2, 0.25) is 5.02 Å². The molecule has 10 heteroatoms. The van der Waals surface area contributed by atoms with Crippen LogP contribution in [0, 0.1) is 0 Å². The number of oxazole rings is 1. The van der Waals surface area contributed by atoms with Gasteiger partial charge in [-0.05, 0) is 60.9 Å². The highest BCUT2D eigenvalue weighted by Crippen LogP contribution is 2.29. The molecule has 3 heterocycles. The molecule has 0 bridgehead atoms. The van der Waals surface area contributed by atoms with E-state index in [-0.39, 0.29) is 23.8 Å². The zero-order valence-corrected chi connectivity index (χ0v) is 19.7. The highest BCUT2D eigenvalue weighted by atomic mass is 35.5. The van der Waals surface area contributed by atoms with E-state index in [2.05, 4.69) is 14.7 Å². The predicted octanol–water partition coefficient (Wildman–Crippen LogP) is 7.07. The van der Waals surface area contributed by atoms with E-state index in [1.165, 1.54) is 24.3 Å². The Morgan fingerprint density at radius 1 is 1.08 bits per heavy atom. The molecule has 0 unspecified atom stereocenters. The number of ether oxygens (including phenoxy) is 1. The van der Waals surface area contributed by atoms with E-state index in [4.69, 9.17) is 16.0 Å². The van der Waals surface area contributed by atoms with Crippen LogP contribution < -0.4 is 4.74 Å². The number of Topliss-reactive ketones (excluding diaryl/α,β-unsaturated/α-hetero) is 1. The summed E-state index contributed by atoms with van der Waals surface area (Å²) in [5.41, 5.74) is 4.46. The van der Waals surface area contributed by atoms with Gasteiger partial charge in [0.25, 0.3) is 0 Å². The van der Waals surface area contributed by atoms with Gasteiger partial charge in [-0.3, -0.25) is 9.20 Å². The highest BCUT2D eigenvalue weighted by Gasteiger charge is 2.31. The Morgan fingerprint density at radius 3 is 2.58 bits per heavy atom. The third kappa shape index (κ3) is 4.92. The SMILES string of the molecule is CCc1nc2cc(Cl)ccn2c1C(=O)CCc1ccc2oc(-c3ccc(OC(F)(F)F)cc3)nc2c1. The number of aryl methyl sites for hydroxylation is 2. The van der Waals surface area contributed by atoms with E-state index < -0.39 is 6.36 Å². The summed E-state index contributed by atoms with van der Waals surface area (Å²) >= 11 is 6.06. The van der Waals surface area contributed by atoms with Crippen molar-refractivity contribution in [3.8, 4) is 17.2 Å². The van der Waals surface area contributed by atoms with Gasteiger partial charge in [-0.25, -0.2) is 9.97 Å². The molecule has 0 atom stereocenters. The number of fused-ring (bicyclic) bond motifs is 2. The molecule has 0 saturated heterocycles. The van der Waals surface area contributed by atoms with Gasteiger partial charge < -0.3 is 9.15 Å². The summed E-state index contributed by atoms with van der Waals surface area (Å²) < 4.78 is 48.5. The smallest absolute Gasteiger partial charge is 0.436 e. The molecule has 0 N–H and O–H groups in total. The van der Waals surface area contributed by atoms with Crippen molar-refractivity contribution in [2.24, 2.45) is 0 Å². The average molecular weight is 514 g/mol. The Bertz CT molecular complexity index is 1570. The van der Waals surface area contributed by atoms with Crippen LogP contribution in [0.5, 0.6) is 5.75 Å². The molecule has 0 saturated carbocycles. The Labute approximate surface area is 208 Å². The second-order valence-electron chi connectivity index (χ2n) is 8.15. The van der Waals surface area contributed by atoms with E-state index >= 15 is 0 Å². The summed E-state index contributed by atoms with van der Waals surface area (Å²) in [6.07, 6.45) is -1.61. The Morgan fingerprint density at radius 2 is 1.86 bits per heavy atom. The zero-order valence-electron chi connectivity index (χ0n) is 19.0. The molecule has 6 nitrogen and oxygen atoms in total. The molecule has 0 radical (unpaired) electrons. The summed E-state index contributed by atoms with van der Waals surface area (Å²) in [5.74, 6) is -0.0767. The van der Waals surface area contributed by atoms with Gasteiger partial charge in [-0.1, -0.05) is 24.6 Å². The number of rotatable bonds is 7. The number of carbonyl (C=O) groups excluding carboxylic acids is 1. The van der Waals surface area contributed by atoms with Crippen LogP contribution in [0.1, 0.15) is 35.1 Å². The summed E-state index contributed by atoms with van der Waals surface area (Å²) in [4.78, 5) is 22.1. The molecule has 0 spiro atoms. The minimum Gasteiger partial charge on any atom is -0.436 e. The Balaban J connectivity index is 1.33. The van der Waals surface area contributed by atoms with E-state index in [0.717, 1.165) is 11.3 Å². The molecule has 0 amide bonds. The molecule has 36 heavy (non-hydrogen) atoms. The van der Waals surface area contributed by atoms with Crippen molar-refractivity contribution in [3.63, 3.8) is 0 Å². The van der Waals surface area contributed by atoms with Crippen molar-refractivity contribution in [2.75, 3.05) is 0 Å². The van der Waals surface area contributed by atoms with Crippen LogP contribution in [0.3, 0.4) is 0 Å². The lowest BCUT2D eigenvalue weighted by Crippen LogP contribution is -2.16. The lowest BCUT2D eigenvalue weighted by atomic mass is 10.0. The van der Waals surface area contributed by atoms with Gasteiger partial charge in [0.1, 0.15) is 22.6 Å². The molecular weight excluding hydrogens is 495 g/mol. The molecule has 0 aliphatic rings. The van der Waals surface area contributed by atoms with Crippen LogP contribution in [0.15, 0.2) is 65.2 Å². The minimum absolute atomic E-state index is 0.0243. The van der Waals surface area contributed by atoms with Crippen LogP contribution in [0.25, 0.3) is 28.2 Å². The molecular formula is C26H19ClF3N3O3. The molecule has 5 rings (SSSR count). The normalized spacial score (nSPS) is 11.9. The maximum atomic E-state index is 13.1. The van der Waals surface area contributed by atoms with Crippen LogP contribution in [-0.2, 0) is 12.8 Å². The summed E-state index contributed by atoms with van der Waals surface area (Å²) in [6.45, 7) is 1.95. The Hall–Kier alpha value is -3.85. The first kappa shape index (κ1) is 23.9. The lowest BCUT2D eigenvalue weighted by molar-refractivity contribution is -0.274. The van der Waals surface area contributed by atoms with Crippen molar-refractivity contribution in [1.82, 2.24) is 14.4 Å². The van der Waals surface area contributed by atoms with Crippen molar-refractivity contribution in [1.29, 1.82) is 0 Å². The Kier molecular flexibility index (Phi) is 6.17. The fourth-order valence-corrected chi connectivity index (χ4v) is 4.19. The maximum absolute atomic E-state index is 13.1. The van der Waals surface area contributed by atoms with Gasteiger partial charge in [0.05, 0.1) is 5.69 Å². The van der Waals surface area contributed by atoms with Crippen molar-refractivity contribution >= 4 is 34.1 Å². The second kappa shape index (κ2) is 9.31. The van der Waals surface area contributed by atoms with Gasteiger partial charge in [-0.2, -0.15) is 0 Å². The van der Waals surface area contributed by atoms with Crippen molar-refractivity contribution < 1.29 is 27.1 Å². The number of pyridine rings is 1. The van der Waals surface area contributed by atoms with Gasteiger partial charge >= 0.3 is 6.36 Å². The van der Waals surface area contributed by atoms with Crippen LogP contribution in [-0.4, -0.2) is 26.5 Å². The number of aromatic nitrogens is 3. The number of nitrogens with zero attached hydrogens (tertiary/aromatic N) is 3. The first-order chi connectivity index (χ1) is 17.2. The summed E-state index contributed by atoms with van der Waals surface area (Å²) in [5, 5.41) is 0.556. The van der Waals surface area contributed by atoms with Gasteiger partial charge in [0.2, 0.25) is 5.89 Å². The first-order valence-electron chi connectivity index (χ1n) is 11.2. The van der Waals surface area contributed by atoms with E-state index in [1.807, 2.05) is 19.1 Å². The monoisotopic (exact) mass is 513 g/mol. The molecule has 0 fully saturated rings. The number of carbonyl (C=O) groups is 1. The van der Waals surface area contributed by atoms with Gasteiger partial charge in [0.15, 0.2) is 11.4 Å². The minimum atomic E-state index is -4.76. The molecule has 0 aliphatic carbocycles. The first-order valence-corrected chi connectivity index (χ1v) is 11.5. The van der Waals surface area contributed by atoms with Gasteiger partial charge in [0, 0.05) is 29.3 Å². The zero-order chi connectivity index (χ0) is 25.4. The molecule has 3 aromatic heterocycles. The quantitative estimate of drug-likeness (QED) is 0.218. The molecule has 5 aromatic rings.